The van der Waals surface area contributed by atoms with E-state index < -0.39 is 5.41 Å². The second kappa shape index (κ2) is 5.54. The number of esters is 1. The fraction of sp³-hybridized carbons (Fsp3) is 0.462. The van der Waals surface area contributed by atoms with Crippen LogP contribution in [0, 0.1) is 5.41 Å². The van der Waals surface area contributed by atoms with Crippen molar-refractivity contribution in [3.63, 3.8) is 0 Å². The van der Waals surface area contributed by atoms with Crippen LogP contribution in [-0.2, 0) is 9.53 Å². The molecule has 2 nitrogen and oxygen atoms in total. The average Bonchev–Trinajstić information content (AvgIpc) is 2.45. The number of carbonyl (C=O) groups excluding carboxylic acids is 1. The molecule has 0 saturated carbocycles. The third kappa shape index (κ3) is 2.58. The Morgan fingerprint density at radius 1 is 1.33 bits per heavy atom. The molecular formula is C13H20O2. The first-order valence-corrected chi connectivity index (χ1v) is 5.26. The van der Waals surface area contributed by atoms with E-state index in [4.69, 9.17) is 4.74 Å². The molecule has 0 amide bonds. The van der Waals surface area contributed by atoms with Crippen LogP contribution in [0.4, 0.5) is 0 Å². The molecule has 0 fully saturated rings. The normalized spacial score (nSPS) is 18.6. The van der Waals surface area contributed by atoms with Gasteiger partial charge in [0.15, 0.2) is 0 Å². The molecule has 0 aromatic carbocycles. The summed E-state index contributed by atoms with van der Waals surface area (Å²) in [6, 6.07) is 0. The third-order valence-corrected chi connectivity index (χ3v) is 2.17. The maximum atomic E-state index is 11.4. The van der Waals surface area contributed by atoms with Crippen LogP contribution in [-0.4, -0.2) is 5.97 Å². The third-order valence-electron chi connectivity index (χ3n) is 2.17. The predicted molar refractivity (Wildman–Crippen MR) is 63.3 cm³/mol. The van der Waals surface area contributed by atoms with E-state index in [-0.39, 0.29) is 5.97 Å². The Morgan fingerprint density at radius 2 is 1.87 bits per heavy atom. The highest BCUT2D eigenvalue weighted by atomic mass is 16.5. The van der Waals surface area contributed by atoms with Crippen molar-refractivity contribution >= 4 is 5.97 Å². The van der Waals surface area contributed by atoms with Gasteiger partial charge < -0.3 is 4.74 Å². The summed E-state index contributed by atoms with van der Waals surface area (Å²) >= 11 is 0. The summed E-state index contributed by atoms with van der Waals surface area (Å²) in [5, 5.41) is 0. The minimum Gasteiger partial charge on any atom is -0.426 e. The van der Waals surface area contributed by atoms with Gasteiger partial charge in [0, 0.05) is 5.57 Å². The summed E-state index contributed by atoms with van der Waals surface area (Å²) in [5.74, 6) is 0.364. The van der Waals surface area contributed by atoms with E-state index in [1.807, 2.05) is 46.8 Å². The zero-order valence-electron chi connectivity index (χ0n) is 10.3. The van der Waals surface area contributed by atoms with E-state index in [2.05, 4.69) is 6.58 Å². The van der Waals surface area contributed by atoms with Crippen molar-refractivity contribution in [2.45, 2.75) is 34.6 Å². The van der Waals surface area contributed by atoms with E-state index >= 15 is 0 Å². The van der Waals surface area contributed by atoms with Gasteiger partial charge in [0.05, 0.1) is 5.41 Å². The lowest BCUT2D eigenvalue weighted by atomic mass is 9.85. The van der Waals surface area contributed by atoms with Crippen LogP contribution in [0.25, 0.3) is 0 Å². The first-order valence-electron chi connectivity index (χ1n) is 5.26. The van der Waals surface area contributed by atoms with Gasteiger partial charge in [0.25, 0.3) is 0 Å². The van der Waals surface area contributed by atoms with Gasteiger partial charge in [-0.25, -0.2) is 0 Å². The molecule has 0 atom stereocenters. The molecule has 15 heavy (non-hydrogen) atoms. The number of hydrogen-bond donors (Lipinski definition) is 0. The number of carbonyl (C=O) groups is 1. The van der Waals surface area contributed by atoms with Gasteiger partial charge in [-0.1, -0.05) is 32.6 Å². The number of allylic oxidation sites excluding steroid dienone is 3. The Labute approximate surface area is 92.3 Å². The van der Waals surface area contributed by atoms with E-state index in [0.717, 1.165) is 5.57 Å². The second-order valence-corrected chi connectivity index (χ2v) is 3.50. The number of cyclic esters (lactones) is 1. The van der Waals surface area contributed by atoms with Gasteiger partial charge >= 0.3 is 5.97 Å². The monoisotopic (exact) mass is 208 g/mol. The molecule has 0 aromatic rings. The summed E-state index contributed by atoms with van der Waals surface area (Å²) in [6.07, 6.45) is 5.35. The Kier molecular flexibility index (Phi) is 5.06. The van der Waals surface area contributed by atoms with Crippen molar-refractivity contribution in [3.8, 4) is 0 Å². The van der Waals surface area contributed by atoms with Crippen LogP contribution in [0.2, 0.25) is 0 Å². The van der Waals surface area contributed by atoms with Gasteiger partial charge in [-0.3, -0.25) is 4.79 Å². The van der Waals surface area contributed by atoms with Crippen molar-refractivity contribution in [1.82, 2.24) is 0 Å². The first kappa shape index (κ1) is 13.7. The van der Waals surface area contributed by atoms with Crippen LogP contribution in [0.1, 0.15) is 34.6 Å². The largest absolute Gasteiger partial charge is 0.426 e. The molecule has 0 spiro atoms. The molecule has 1 aliphatic rings. The van der Waals surface area contributed by atoms with Gasteiger partial charge in [0.1, 0.15) is 5.76 Å². The molecule has 1 heterocycles. The molecular weight excluding hydrogens is 188 g/mol. The molecule has 1 aliphatic heterocycles. The zero-order valence-corrected chi connectivity index (χ0v) is 10.3. The minimum atomic E-state index is -0.546. The van der Waals surface area contributed by atoms with Crippen molar-refractivity contribution in [1.29, 1.82) is 0 Å². The predicted octanol–water partition coefficient (Wildman–Crippen LogP) is 3.61. The molecule has 0 unspecified atom stereocenters. The first-order chi connectivity index (χ1) is 7.04. The number of ether oxygens (including phenoxy) is 1. The van der Waals surface area contributed by atoms with E-state index in [1.54, 1.807) is 6.08 Å². The Balaban J connectivity index is 0.000000921. The van der Waals surface area contributed by atoms with Crippen LogP contribution in [0.3, 0.4) is 0 Å². The number of hydrogen-bond acceptors (Lipinski definition) is 2. The lowest BCUT2D eigenvalue weighted by molar-refractivity contribution is -0.143. The standard InChI is InChI=1S/C11H14O2.C2H6/c1-5-7-8-9(6-2)13-10(12)11(8,3)4;1-2/h5-7H,2H2,1,3-4H3;1-2H3/b7-5-;. The topological polar surface area (TPSA) is 26.3 Å². The molecule has 2 heteroatoms. The van der Waals surface area contributed by atoms with E-state index in [9.17, 15) is 4.79 Å². The van der Waals surface area contributed by atoms with Gasteiger partial charge in [-0.15, -0.1) is 0 Å². The summed E-state index contributed by atoms with van der Waals surface area (Å²) in [4.78, 5) is 11.4. The van der Waals surface area contributed by atoms with Crippen LogP contribution in [0.5, 0.6) is 0 Å². The van der Waals surface area contributed by atoms with Gasteiger partial charge in [-0.2, -0.15) is 0 Å². The Hall–Kier alpha value is -1.31. The molecule has 0 aromatic heterocycles. The SMILES string of the molecule is C=CC1=C(/C=C\C)C(C)(C)C(=O)O1.CC. The fourth-order valence-electron chi connectivity index (χ4n) is 1.31. The molecule has 0 saturated heterocycles. The minimum absolute atomic E-state index is 0.212. The summed E-state index contributed by atoms with van der Waals surface area (Å²) in [5.41, 5.74) is 0.353. The molecule has 84 valence electrons. The van der Waals surface area contributed by atoms with E-state index in [1.165, 1.54) is 0 Å². The summed E-state index contributed by atoms with van der Waals surface area (Å²) < 4.78 is 5.06. The summed E-state index contributed by atoms with van der Waals surface area (Å²) in [6.45, 7) is 13.2. The Bertz CT molecular complexity index is 306. The van der Waals surface area contributed by atoms with E-state index in [0.29, 0.717) is 5.76 Å². The zero-order chi connectivity index (χ0) is 12.1. The molecule has 0 bridgehead atoms. The van der Waals surface area contributed by atoms with Crippen LogP contribution in [0.15, 0.2) is 36.1 Å². The highest BCUT2D eigenvalue weighted by molar-refractivity contribution is 5.85. The lowest BCUT2D eigenvalue weighted by Gasteiger charge is -2.13. The highest BCUT2D eigenvalue weighted by Gasteiger charge is 2.40. The maximum absolute atomic E-state index is 11.4. The highest BCUT2D eigenvalue weighted by Crippen LogP contribution is 2.38. The van der Waals surface area contributed by atoms with Gasteiger partial charge in [-0.05, 0) is 26.8 Å². The van der Waals surface area contributed by atoms with Crippen LogP contribution < -0.4 is 0 Å². The smallest absolute Gasteiger partial charge is 0.321 e. The van der Waals surface area contributed by atoms with Crippen molar-refractivity contribution in [2.24, 2.45) is 5.41 Å². The van der Waals surface area contributed by atoms with Crippen molar-refractivity contribution in [2.75, 3.05) is 0 Å². The van der Waals surface area contributed by atoms with Crippen molar-refractivity contribution in [3.05, 3.63) is 36.1 Å². The molecule has 1 rings (SSSR count). The Morgan fingerprint density at radius 3 is 2.27 bits per heavy atom. The average molecular weight is 208 g/mol. The lowest BCUT2D eigenvalue weighted by Crippen LogP contribution is -2.20. The van der Waals surface area contributed by atoms with Gasteiger partial charge in [0.2, 0.25) is 0 Å². The summed E-state index contributed by atoms with van der Waals surface area (Å²) in [7, 11) is 0. The molecule has 0 radical (unpaired) electrons. The molecule has 0 aliphatic carbocycles. The maximum Gasteiger partial charge on any atom is 0.321 e. The van der Waals surface area contributed by atoms with Crippen molar-refractivity contribution < 1.29 is 9.53 Å². The fourth-order valence-corrected chi connectivity index (χ4v) is 1.31. The second-order valence-electron chi connectivity index (χ2n) is 3.50. The molecule has 0 N–H and O–H groups in total. The quantitative estimate of drug-likeness (QED) is 0.648. The number of rotatable bonds is 2. The van der Waals surface area contributed by atoms with Crippen LogP contribution >= 0.6 is 0 Å².